The number of benzene rings is 2. The second kappa shape index (κ2) is 4.34. The molecule has 4 heteroatoms. The molecule has 0 aliphatic carbocycles. The molecule has 0 saturated carbocycles. The lowest BCUT2D eigenvalue weighted by Gasteiger charge is -2.24. The smallest absolute Gasteiger partial charge is 0.200 e. The quantitative estimate of drug-likeness (QED) is 0.701. The van der Waals surface area contributed by atoms with Crippen LogP contribution in [-0.2, 0) is 6.42 Å². The Morgan fingerprint density at radius 1 is 1.14 bits per heavy atom. The summed E-state index contributed by atoms with van der Waals surface area (Å²) in [7, 11) is 0. The highest BCUT2D eigenvalue weighted by atomic mass is 16.5. The minimum absolute atomic E-state index is 0.0602. The van der Waals surface area contributed by atoms with Crippen molar-refractivity contribution in [2.45, 2.75) is 32.0 Å². The molecule has 1 aliphatic heterocycles. The van der Waals surface area contributed by atoms with Crippen LogP contribution in [0.1, 0.15) is 19.4 Å². The van der Waals surface area contributed by atoms with E-state index in [9.17, 15) is 9.90 Å². The highest BCUT2D eigenvalue weighted by molar-refractivity contribution is 5.93. The van der Waals surface area contributed by atoms with Crippen LogP contribution in [0.5, 0.6) is 5.75 Å². The number of rotatable bonds is 1. The van der Waals surface area contributed by atoms with E-state index in [1.54, 1.807) is 32.0 Å². The fourth-order valence-electron chi connectivity index (χ4n) is 2.95. The maximum atomic E-state index is 12.6. The van der Waals surface area contributed by atoms with E-state index in [0.717, 1.165) is 5.56 Å². The zero-order chi connectivity index (χ0) is 15.5. The summed E-state index contributed by atoms with van der Waals surface area (Å²) in [4.78, 5) is 12.6. The molecule has 1 N–H and O–H groups in total. The first-order chi connectivity index (χ1) is 10.4. The Hall–Kier alpha value is -2.33. The number of fused-ring (bicyclic) bond motifs is 4. The molecule has 1 aromatic heterocycles. The lowest BCUT2D eigenvalue weighted by atomic mass is 9.97. The summed E-state index contributed by atoms with van der Waals surface area (Å²) in [6.07, 6.45) is 0.260. The fraction of sp³-hybridized carbons (Fsp3) is 0.278. The molecule has 2 heterocycles. The highest BCUT2D eigenvalue weighted by Gasteiger charge is 2.36. The molecule has 0 unspecified atom stereocenters. The van der Waals surface area contributed by atoms with Crippen LogP contribution in [0.3, 0.4) is 0 Å². The van der Waals surface area contributed by atoms with Crippen LogP contribution >= 0.6 is 0 Å². The molecule has 2 aromatic carbocycles. The average Bonchev–Trinajstić information content (AvgIpc) is 2.92. The topological polar surface area (TPSA) is 59.7 Å². The predicted molar refractivity (Wildman–Crippen MR) is 84.4 cm³/mol. The van der Waals surface area contributed by atoms with E-state index in [2.05, 4.69) is 0 Å². The van der Waals surface area contributed by atoms with Gasteiger partial charge in [-0.05, 0) is 32.0 Å². The zero-order valence-corrected chi connectivity index (χ0v) is 12.4. The Morgan fingerprint density at radius 2 is 1.91 bits per heavy atom. The lowest BCUT2D eigenvalue weighted by molar-refractivity contribution is -0.0227. The largest absolute Gasteiger partial charge is 0.483 e. The molecule has 0 spiro atoms. The van der Waals surface area contributed by atoms with Crippen molar-refractivity contribution in [3.63, 3.8) is 0 Å². The van der Waals surface area contributed by atoms with Crippen molar-refractivity contribution in [2.75, 3.05) is 0 Å². The van der Waals surface area contributed by atoms with E-state index < -0.39 is 5.60 Å². The van der Waals surface area contributed by atoms with Gasteiger partial charge in [0.25, 0.3) is 0 Å². The maximum absolute atomic E-state index is 12.6. The second-order valence-corrected chi connectivity index (χ2v) is 6.32. The summed E-state index contributed by atoms with van der Waals surface area (Å²) < 4.78 is 11.8. The average molecular weight is 296 g/mol. The highest BCUT2D eigenvalue weighted by Crippen LogP contribution is 2.39. The number of para-hydroxylation sites is 1. The molecule has 4 nitrogen and oxygen atoms in total. The Kier molecular flexibility index (Phi) is 2.63. The normalized spacial score (nSPS) is 17.7. The van der Waals surface area contributed by atoms with Gasteiger partial charge in [0.05, 0.1) is 16.4 Å². The molecule has 112 valence electrons. The predicted octanol–water partition coefficient (Wildman–Crippen LogP) is 3.02. The fourth-order valence-corrected chi connectivity index (χ4v) is 2.95. The van der Waals surface area contributed by atoms with Crippen LogP contribution in [0.4, 0.5) is 0 Å². The molecule has 0 saturated heterocycles. The van der Waals surface area contributed by atoms with E-state index >= 15 is 0 Å². The van der Waals surface area contributed by atoms with Crippen LogP contribution < -0.4 is 10.2 Å². The lowest BCUT2D eigenvalue weighted by Crippen LogP contribution is -2.39. The van der Waals surface area contributed by atoms with Gasteiger partial charge in [-0.25, -0.2) is 0 Å². The van der Waals surface area contributed by atoms with Gasteiger partial charge < -0.3 is 14.3 Å². The second-order valence-electron chi connectivity index (χ2n) is 6.32. The maximum Gasteiger partial charge on any atom is 0.200 e. The van der Waals surface area contributed by atoms with Gasteiger partial charge in [-0.2, -0.15) is 0 Å². The Labute approximate surface area is 126 Å². The molecule has 0 fully saturated rings. The van der Waals surface area contributed by atoms with Crippen molar-refractivity contribution >= 4 is 21.9 Å². The van der Waals surface area contributed by atoms with Crippen molar-refractivity contribution in [3.05, 3.63) is 52.2 Å². The molecular formula is C18H16O4. The first-order valence-corrected chi connectivity index (χ1v) is 7.31. The van der Waals surface area contributed by atoms with Crippen LogP contribution in [0.25, 0.3) is 21.9 Å². The molecular weight excluding hydrogens is 280 g/mol. The number of hydrogen-bond acceptors (Lipinski definition) is 4. The van der Waals surface area contributed by atoms with Crippen LogP contribution in [0, 0.1) is 0 Å². The number of ether oxygens (including phenoxy) is 1. The van der Waals surface area contributed by atoms with Gasteiger partial charge >= 0.3 is 0 Å². The molecule has 1 aliphatic rings. The monoisotopic (exact) mass is 296 g/mol. The molecule has 0 amide bonds. The van der Waals surface area contributed by atoms with Gasteiger partial charge in [0, 0.05) is 12.0 Å². The van der Waals surface area contributed by atoms with Crippen molar-refractivity contribution < 1.29 is 14.3 Å². The third kappa shape index (κ3) is 1.84. The van der Waals surface area contributed by atoms with Crippen LogP contribution in [0.2, 0.25) is 0 Å². The van der Waals surface area contributed by atoms with Gasteiger partial charge in [-0.15, -0.1) is 0 Å². The summed E-state index contributed by atoms with van der Waals surface area (Å²) in [5, 5.41) is 11.2. The third-order valence-electron chi connectivity index (χ3n) is 4.24. The summed E-state index contributed by atoms with van der Waals surface area (Å²) in [5.41, 5.74) is 0.951. The van der Waals surface area contributed by atoms with Crippen molar-refractivity contribution in [2.24, 2.45) is 0 Å². The SMILES string of the molecule is CC(C)(O)[C@H]1Cc2ccc3c(=O)c4ccccc4oc3c2O1. The van der Waals surface area contributed by atoms with Crippen molar-refractivity contribution in [1.29, 1.82) is 0 Å². The van der Waals surface area contributed by atoms with Gasteiger partial charge in [-0.3, -0.25) is 4.79 Å². The molecule has 4 rings (SSSR count). The van der Waals surface area contributed by atoms with Crippen molar-refractivity contribution in [1.82, 2.24) is 0 Å². The minimum Gasteiger partial charge on any atom is -0.483 e. The van der Waals surface area contributed by atoms with E-state index in [-0.39, 0.29) is 11.5 Å². The standard InChI is InChI=1S/C18H16O4/c1-18(2,20)14-9-10-7-8-12-15(19)11-5-3-4-6-13(11)21-17(12)16(10)22-14/h3-8,14,20H,9H2,1-2H3/t14-/m1/s1. The van der Waals surface area contributed by atoms with E-state index in [0.29, 0.717) is 34.1 Å². The van der Waals surface area contributed by atoms with E-state index in [4.69, 9.17) is 9.15 Å². The summed E-state index contributed by atoms with van der Waals surface area (Å²) in [6, 6.07) is 10.9. The summed E-state index contributed by atoms with van der Waals surface area (Å²) in [5.74, 6) is 0.576. The number of aliphatic hydroxyl groups is 1. The first-order valence-electron chi connectivity index (χ1n) is 7.31. The molecule has 3 aromatic rings. The Balaban J connectivity index is 2.01. The first kappa shape index (κ1) is 13.3. The van der Waals surface area contributed by atoms with E-state index in [1.807, 2.05) is 18.2 Å². The van der Waals surface area contributed by atoms with Gasteiger partial charge in [0.15, 0.2) is 11.3 Å². The zero-order valence-electron chi connectivity index (χ0n) is 12.4. The molecule has 22 heavy (non-hydrogen) atoms. The molecule has 1 atom stereocenters. The Morgan fingerprint density at radius 3 is 2.68 bits per heavy atom. The van der Waals surface area contributed by atoms with Crippen LogP contribution in [-0.4, -0.2) is 16.8 Å². The van der Waals surface area contributed by atoms with Gasteiger partial charge in [-0.1, -0.05) is 18.2 Å². The third-order valence-corrected chi connectivity index (χ3v) is 4.24. The summed E-state index contributed by atoms with van der Waals surface area (Å²) in [6.45, 7) is 3.44. The van der Waals surface area contributed by atoms with Gasteiger partial charge in [0.1, 0.15) is 11.7 Å². The Bertz CT molecular complexity index is 947. The molecule has 0 bridgehead atoms. The van der Waals surface area contributed by atoms with Gasteiger partial charge in [0.2, 0.25) is 5.43 Å². The summed E-state index contributed by atoms with van der Waals surface area (Å²) >= 11 is 0. The number of hydrogen-bond donors (Lipinski definition) is 1. The van der Waals surface area contributed by atoms with Crippen molar-refractivity contribution in [3.8, 4) is 5.75 Å². The molecule has 0 radical (unpaired) electrons. The van der Waals surface area contributed by atoms with E-state index in [1.165, 1.54) is 0 Å². The minimum atomic E-state index is -0.956. The van der Waals surface area contributed by atoms with Crippen LogP contribution in [0.15, 0.2) is 45.6 Å².